The molecule has 1 fully saturated rings. The lowest BCUT2D eigenvalue weighted by atomic mass is 9.92. The Kier molecular flexibility index (Phi) is 5.80. The second-order valence-electron chi connectivity index (χ2n) is 6.63. The van der Waals surface area contributed by atoms with Gasteiger partial charge in [-0.3, -0.25) is 9.78 Å². The van der Waals surface area contributed by atoms with Crippen LogP contribution < -0.4 is 10.2 Å². The largest absolute Gasteiger partial charge is 0.386 e. The zero-order chi connectivity index (χ0) is 18.4. The van der Waals surface area contributed by atoms with Crippen molar-refractivity contribution in [3.05, 3.63) is 54.0 Å². The Hall–Kier alpha value is -2.51. The molecule has 1 aromatic carbocycles. The van der Waals surface area contributed by atoms with Gasteiger partial charge in [0.25, 0.3) is 5.91 Å². The molecule has 26 heavy (non-hydrogen) atoms. The van der Waals surface area contributed by atoms with Crippen molar-refractivity contribution >= 4 is 11.7 Å². The van der Waals surface area contributed by atoms with Crippen LogP contribution in [0.2, 0.25) is 0 Å². The highest BCUT2D eigenvalue weighted by atomic mass is 16.5. The van der Waals surface area contributed by atoms with Crippen LogP contribution in [0.3, 0.4) is 0 Å². The van der Waals surface area contributed by atoms with E-state index in [1.807, 2.05) is 17.0 Å². The maximum absolute atomic E-state index is 12.4. The van der Waals surface area contributed by atoms with E-state index in [2.05, 4.69) is 15.3 Å². The van der Waals surface area contributed by atoms with Crippen molar-refractivity contribution in [2.45, 2.75) is 25.0 Å². The Balaban J connectivity index is 1.58. The van der Waals surface area contributed by atoms with Crippen molar-refractivity contribution in [3.63, 3.8) is 0 Å². The molecule has 0 aliphatic carbocycles. The van der Waals surface area contributed by atoms with Crippen molar-refractivity contribution < 1.29 is 14.6 Å². The van der Waals surface area contributed by atoms with Crippen molar-refractivity contribution in [1.29, 1.82) is 0 Å². The fourth-order valence-electron chi connectivity index (χ4n) is 3.17. The first-order chi connectivity index (χ1) is 12.6. The molecule has 3 rings (SSSR count). The van der Waals surface area contributed by atoms with Crippen LogP contribution in [0.1, 0.15) is 28.8 Å². The highest BCUT2D eigenvalue weighted by Gasteiger charge is 2.34. The number of anilines is 1. The zero-order valence-corrected chi connectivity index (χ0v) is 14.9. The van der Waals surface area contributed by atoms with E-state index in [9.17, 15) is 9.90 Å². The number of rotatable bonds is 6. The number of hydrogen-bond donors (Lipinski definition) is 2. The molecular weight excluding hydrogens is 332 g/mol. The van der Waals surface area contributed by atoms with Gasteiger partial charge < -0.3 is 20.1 Å². The number of nitrogens with one attached hydrogen (secondary N) is 1. The molecule has 0 saturated carbocycles. The number of hydrogen-bond acceptors (Lipinski definition) is 6. The number of aromatic nitrogens is 2. The van der Waals surface area contributed by atoms with Gasteiger partial charge in [0.05, 0.1) is 18.4 Å². The number of ether oxygens (including phenoxy) is 1. The molecule has 1 aromatic heterocycles. The molecule has 7 heteroatoms. The van der Waals surface area contributed by atoms with Gasteiger partial charge in [-0.2, -0.15) is 0 Å². The molecule has 1 unspecified atom stereocenters. The number of nitrogens with zero attached hydrogens (tertiary/aromatic N) is 3. The van der Waals surface area contributed by atoms with Gasteiger partial charge >= 0.3 is 0 Å². The summed E-state index contributed by atoms with van der Waals surface area (Å²) in [5, 5.41) is 13.7. The van der Waals surface area contributed by atoms with E-state index in [0.717, 1.165) is 24.3 Å². The molecule has 2 heterocycles. The number of amides is 1. The van der Waals surface area contributed by atoms with Crippen LogP contribution in [-0.4, -0.2) is 53.3 Å². The quantitative estimate of drug-likeness (QED) is 0.813. The van der Waals surface area contributed by atoms with Crippen molar-refractivity contribution in [2.75, 3.05) is 31.6 Å². The number of methoxy groups -OCH3 is 1. The monoisotopic (exact) mass is 356 g/mol. The molecular formula is C19H24N4O3. The number of piperidine rings is 1. The van der Waals surface area contributed by atoms with Gasteiger partial charge in [-0.05, 0) is 30.5 Å². The lowest BCUT2D eigenvalue weighted by Gasteiger charge is -2.39. The van der Waals surface area contributed by atoms with Crippen LogP contribution >= 0.6 is 0 Å². The third kappa shape index (κ3) is 4.56. The topological polar surface area (TPSA) is 87.6 Å². The Morgan fingerprint density at radius 1 is 1.35 bits per heavy atom. The van der Waals surface area contributed by atoms with Gasteiger partial charge in [-0.15, -0.1) is 0 Å². The van der Waals surface area contributed by atoms with Gasteiger partial charge in [-0.1, -0.05) is 12.1 Å². The van der Waals surface area contributed by atoms with Crippen molar-refractivity contribution in [1.82, 2.24) is 15.3 Å². The molecule has 0 radical (unpaired) electrons. The Bertz CT molecular complexity index is 723. The lowest BCUT2D eigenvalue weighted by molar-refractivity contribution is 0.0254. The molecule has 0 bridgehead atoms. The minimum Gasteiger partial charge on any atom is -0.386 e. The summed E-state index contributed by atoms with van der Waals surface area (Å²) in [5.41, 5.74) is 0.589. The van der Waals surface area contributed by atoms with Crippen LogP contribution in [0.25, 0.3) is 0 Å². The van der Waals surface area contributed by atoms with E-state index in [1.54, 1.807) is 37.8 Å². The molecule has 138 valence electrons. The Morgan fingerprint density at radius 3 is 2.85 bits per heavy atom. The minimum absolute atomic E-state index is 0.195. The molecule has 2 N–H and O–H groups in total. The second kappa shape index (κ2) is 8.25. The maximum atomic E-state index is 12.4. The van der Waals surface area contributed by atoms with E-state index < -0.39 is 5.60 Å². The van der Waals surface area contributed by atoms with Gasteiger partial charge in [0, 0.05) is 44.7 Å². The normalized spacial score (nSPS) is 20.0. The molecule has 1 saturated heterocycles. The molecule has 1 aliphatic rings. The lowest BCUT2D eigenvalue weighted by Crippen LogP contribution is -2.54. The summed E-state index contributed by atoms with van der Waals surface area (Å²) >= 11 is 0. The predicted octanol–water partition coefficient (Wildman–Crippen LogP) is 1.38. The van der Waals surface area contributed by atoms with Crippen LogP contribution in [0, 0.1) is 0 Å². The number of benzene rings is 1. The zero-order valence-electron chi connectivity index (χ0n) is 14.9. The Morgan fingerprint density at radius 2 is 2.15 bits per heavy atom. The molecule has 1 aliphatic heterocycles. The predicted molar refractivity (Wildman–Crippen MR) is 97.9 cm³/mol. The second-order valence-corrected chi connectivity index (χ2v) is 6.63. The number of carbonyl (C=O) groups excluding carboxylic acids is 1. The number of aliphatic hydroxyl groups is 1. The van der Waals surface area contributed by atoms with Crippen LogP contribution in [-0.2, 0) is 11.3 Å². The maximum Gasteiger partial charge on any atom is 0.251 e. The van der Waals surface area contributed by atoms with Gasteiger partial charge in [-0.25, -0.2) is 4.98 Å². The summed E-state index contributed by atoms with van der Waals surface area (Å²) in [6.07, 6.45) is 6.41. The van der Waals surface area contributed by atoms with Crippen molar-refractivity contribution in [3.8, 4) is 0 Å². The highest BCUT2D eigenvalue weighted by Crippen LogP contribution is 2.24. The summed E-state index contributed by atoms with van der Waals surface area (Å²) in [5.74, 6) is 0.546. The van der Waals surface area contributed by atoms with Gasteiger partial charge in [0.1, 0.15) is 5.82 Å². The van der Waals surface area contributed by atoms with Crippen LogP contribution in [0.4, 0.5) is 5.82 Å². The summed E-state index contributed by atoms with van der Waals surface area (Å²) in [6, 6.07) is 7.26. The fraction of sp³-hybridized carbons (Fsp3) is 0.421. The first-order valence-corrected chi connectivity index (χ1v) is 8.69. The van der Waals surface area contributed by atoms with E-state index in [-0.39, 0.29) is 12.5 Å². The standard InChI is InChI=1S/C19H24N4O3/c1-26-12-15-3-5-16(6-4-15)18(24)22-13-19(25)7-2-10-23(14-19)17-11-20-8-9-21-17/h3-6,8-9,11,25H,2,7,10,12-14H2,1H3,(H,22,24). The molecule has 2 aromatic rings. The van der Waals surface area contributed by atoms with E-state index in [0.29, 0.717) is 25.1 Å². The number of β-amino-alcohol motifs (C(OH)–C–C–N with tert-alkyl or cyclic N) is 1. The van der Waals surface area contributed by atoms with E-state index in [4.69, 9.17) is 4.74 Å². The third-order valence-corrected chi connectivity index (χ3v) is 4.53. The van der Waals surface area contributed by atoms with Gasteiger partial charge in [0.2, 0.25) is 0 Å². The van der Waals surface area contributed by atoms with Crippen molar-refractivity contribution in [2.24, 2.45) is 0 Å². The molecule has 7 nitrogen and oxygen atoms in total. The first-order valence-electron chi connectivity index (χ1n) is 8.69. The van der Waals surface area contributed by atoms with Crippen LogP contribution in [0.15, 0.2) is 42.9 Å². The third-order valence-electron chi connectivity index (χ3n) is 4.53. The Labute approximate surface area is 153 Å². The SMILES string of the molecule is COCc1ccc(C(=O)NCC2(O)CCCN(c3cnccn3)C2)cc1. The summed E-state index contributed by atoms with van der Waals surface area (Å²) in [6.45, 7) is 1.94. The van der Waals surface area contributed by atoms with E-state index in [1.165, 1.54) is 0 Å². The highest BCUT2D eigenvalue weighted by molar-refractivity contribution is 5.94. The summed E-state index contributed by atoms with van der Waals surface area (Å²) in [7, 11) is 1.63. The smallest absolute Gasteiger partial charge is 0.251 e. The average Bonchev–Trinajstić information content (AvgIpc) is 2.68. The summed E-state index contributed by atoms with van der Waals surface area (Å²) < 4.78 is 5.07. The van der Waals surface area contributed by atoms with Gasteiger partial charge in [0.15, 0.2) is 0 Å². The van der Waals surface area contributed by atoms with Crippen LogP contribution in [0.5, 0.6) is 0 Å². The summed E-state index contributed by atoms with van der Waals surface area (Å²) in [4.78, 5) is 22.7. The molecule has 0 spiro atoms. The van der Waals surface area contributed by atoms with E-state index >= 15 is 0 Å². The average molecular weight is 356 g/mol. The fourth-order valence-corrected chi connectivity index (χ4v) is 3.17. The number of carbonyl (C=O) groups is 1. The first kappa shape index (κ1) is 18.3. The minimum atomic E-state index is -0.985. The molecule has 1 atom stereocenters. The molecule has 1 amide bonds.